The first-order valence-corrected chi connectivity index (χ1v) is 17.6. The molecule has 0 aliphatic carbocycles. The minimum Gasteiger partial charge on any atom is -0.496 e. The molecular formula is C41H43F3N4O5. The van der Waals surface area contributed by atoms with E-state index in [1.165, 1.54) is 19.3 Å². The van der Waals surface area contributed by atoms with Crippen LogP contribution in [-0.2, 0) is 24.1 Å². The highest BCUT2D eigenvalue weighted by atomic mass is 19.4. The number of hydrogen-bond donors (Lipinski definition) is 3. The topological polar surface area (TPSA) is 115 Å². The Labute approximate surface area is 306 Å². The van der Waals surface area contributed by atoms with E-state index in [1.54, 1.807) is 18.3 Å². The molecule has 1 amide bonds. The summed E-state index contributed by atoms with van der Waals surface area (Å²) in [7, 11) is 1.41. The van der Waals surface area contributed by atoms with E-state index in [1.807, 2.05) is 61.2 Å². The van der Waals surface area contributed by atoms with Crippen molar-refractivity contribution in [3.8, 4) is 16.9 Å². The van der Waals surface area contributed by atoms with Crippen LogP contribution in [0.2, 0.25) is 0 Å². The zero-order valence-corrected chi connectivity index (χ0v) is 29.9. The van der Waals surface area contributed by atoms with Gasteiger partial charge in [0.05, 0.1) is 24.7 Å². The van der Waals surface area contributed by atoms with Crippen LogP contribution in [0.4, 0.5) is 18.9 Å². The first-order chi connectivity index (χ1) is 25.3. The molecule has 3 heterocycles. The van der Waals surface area contributed by atoms with Gasteiger partial charge in [0.25, 0.3) is 5.91 Å². The number of β-amino-alcohol motifs (C(OH)–C–C–N with tert-alkyl or cyclic N) is 1. The molecule has 3 N–H and O–H groups in total. The summed E-state index contributed by atoms with van der Waals surface area (Å²) in [4.78, 5) is 33.0. The predicted molar refractivity (Wildman–Crippen MR) is 197 cm³/mol. The maximum Gasteiger partial charge on any atom is 0.417 e. The smallest absolute Gasteiger partial charge is 0.417 e. The number of methoxy groups -OCH3 is 1. The van der Waals surface area contributed by atoms with Crippen molar-refractivity contribution in [3.05, 3.63) is 111 Å². The van der Waals surface area contributed by atoms with E-state index in [0.717, 1.165) is 52.4 Å². The van der Waals surface area contributed by atoms with Crippen molar-refractivity contribution in [2.75, 3.05) is 38.6 Å². The molecule has 0 bridgehead atoms. The highest BCUT2D eigenvalue weighted by Gasteiger charge is 2.35. The third-order valence-electron chi connectivity index (χ3n) is 10.2. The van der Waals surface area contributed by atoms with Gasteiger partial charge in [-0.2, -0.15) is 13.2 Å². The molecule has 0 radical (unpaired) electrons. The summed E-state index contributed by atoms with van der Waals surface area (Å²) >= 11 is 0. The lowest BCUT2D eigenvalue weighted by molar-refractivity contribution is -0.141. The molecule has 2 atom stereocenters. The number of halogens is 3. The molecule has 12 heteroatoms. The van der Waals surface area contributed by atoms with Crippen LogP contribution in [0.5, 0.6) is 5.75 Å². The standard InChI is InChI=1S/C41H43F3N4O5/c1-25-28(11-12-29-19-38(53-3)31(18-35(29)41(42,43)44)23-48-16-14-30(22-48)40(51)52)6-4-7-33(25)34-8-5-9-36(26(34)2)46-39(50)37-13-10-27(20-45-37)21-47-17-15-32(49)24-47/h4-13,18-20,30,32,49H,14-17,21-24H2,1-3H3,(H,46,50)(H,51,52)/b12-11+/t30-,32+/m0/s1. The van der Waals surface area contributed by atoms with Crippen LogP contribution in [0, 0.1) is 19.8 Å². The quantitative estimate of drug-likeness (QED) is 0.138. The van der Waals surface area contributed by atoms with E-state index < -0.39 is 23.6 Å². The van der Waals surface area contributed by atoms with Crippen molar-refractivity contribution < 1.29 is 37.7 Å². The number of carbonyl (C=O) groups is 2. The van der Waals surface area contributed by atoms with Gasteiger partial charge >= 0.3 is 12.1 Å². The molecule has 278 valence electrons. The number of carboxylic acid groups (broad SMARTS) is 1. The second kappa shape index (κ2) is 15.9. The third-order valence-corrected chi connectivity index (χ3v) is 10.2. The van der Waals surface area contributed by atoms with Gasteiger partial charge in [-0.3, -0.25) is 24.4 Å². The van der Waals surface area contributed by atoms with Crippen molar-refractivity contribution in [2.24, 2.45) is 5.92 Å². The third kappa shape index (κ3) is 8.78. The number of aliphatic hydroxyl groups is 1. The Morgan fingerprint density at radius 2 is 1.62 bits per heavy atom. The number of anilines is 1. The molecule has 2 fully saturated rings. The monoisotopic (exact) mass is 728 g/mol. The zero-order valence-electron chi connectivity index (χ0n) is 29.9. The average molecular weight is 729 g/mol. The molecule has 2 aliphatic heterocycles. The molecule has 1 aromatic heterocycles. The lowest BCUT2D eigenvalue weighted by Crippen LogP contribution is -2.23. The van der Waals surface area contributed by atoms with Gasteiger partial charge in [-0.25, -0.2) is 0 Å². The van der Waals surface area contributed by atoms with Crippen LogP contribution in [0.1, 0.15) is 62.3 Å². The van der Waals surface area contributed by atoms with Crippen molar-refractivity contribution in [2.45, 2.75) is 52.1 Å². The number of likely N-dealkylation sites (tertiary alicyclic amines) is 2. The summed E-state index contributed by atoms with van der Waals surface area (Å²) in [6.07, 6.45) is 1.03. The number of benzene rings is 3. The number of hydrogen-bond acceptors (Lipinski definition) is 7. The summed E-state index contributed by atoms with van der Waals surface area (Å²) in [5, 5.41) is 22.1. The number of aromatic nitrogens is 1. The van der Waals surface area contributed by atoms with Crippen LogP contribution in [0.25, 0.3) is 23.3 Å². The maximum atomic E-state index is 14.4. The number of alkyl halides is 3. The fourth-order valence-corrected chi connectivity index (χ4v) is 7.18. The maximum absolute atomic E-state index is 14.4. The lowest BCUT2D eigenvalue weighted by Gasteiger charge is -2.20. The Morgan fingerprint density at radius 1 is 0.925 bits per heavy atom. The number of carboxylic acids is 1. The number of aliphatic hydroxyl groups excluding tert-OH is 1. The van der Waals surface area contributed by atoms with Crippen LogP contribution in [0.15, 0.2) is 66.9 Å². The van der Waals surface area contributed by atoms with Gasteiger partial charge in [-0.05, 0) is 96.4 Å². The minimum atomic E-state index is -4.64. The number of nitrogens with zero attached hydrogens (tertiary/aromatic N) is 3. The van der Waals surface area contributed by atoms with Gasteiger partial charge in [0, 0.05) is 50.2 Å². The van der Waals surface area contributed by atoms with Gasteiger partial charge in [0.15, 0.2) is 0 Å². The van der Waals surface area contributed by atoms with Gasteiger partial charge in [0.1, 0.15) is 11.4 Å². The number of rotatable bonds is 11. The molecule has 2 aliphatic rings. The Hall–Kier alpha value is -5.04. The fourth-order valence-electron chi connectivity index (χ4n) is 7.18. The number of carbonyl (C=O) groups excluding carboxylic acids is 1. The van der Waals surface area contributed by atoms with E-state index in [9.17, 15) is 33.0 Å². The fraction of sp³-hybridized carbons (Fsp3) is 0.341. The van der Waals surface area contributed by atoms with Gasteiger partial charge < -0.3 is 20.3 Å². The van der Waals surface area contributed by atoms with E-state index in [2.05, 4.69) is 15.2 Å². The number of aliphatic carboxylic acids is 1. The first-order valence-electron chi connectivity index (χ1n) is 17.6. The normalized spacial score (nSPS) is 18.2. The number of nitrogens with one attached hydrogen (secondary N) is 1. The molecule has 3 aromatic carbocycles. The van der Waals surface area contributed by atoms with Crippen LogP contribution < -0.4 is 10.1 Å². The lowest BCUT2D eigenvalue weighted by atomic mass is 9.92. The van der Waals surface area contributed by atoms with Crippen LogP contribution in [-0.4, -0.2) is 76.3 Å². The largest absolute Gasteiger partial charge is 0.496 e. The summed E-state index contributed by atoms with van der Waals surface area (Å²) in [6.45, 7) is 6.80. The molecule has 0 saturated carbocycles. The van der Waals surface area contributed by atoms with Gasteiger partial charge in [0.2, 0.25) is 0 Å². The molecule has 0 unspecified atom stereocenters. The zero-order chi connectivity index (χ0) is 37.9. The van der Waals surface area contributed by atoms with Crippen molar-refractivity contribution >= 4 is 29.7 Å². The molecule has 2 saturated heterocycles. The van der Waals surface area contributed by atoms with Crippen molar-refractivity contribution in [1.29, 1.82) is 0 Å². The highest BCUT2D eigenvalue weighted by molar-refractivity contribution is 6.03. The molecular weight excluding hydrogens is 685 g/mol. The van der Waals surface area contributed by atoms with Gasteiger partial charge in [-0.15, -0.1) is 0 Å². The average Bonchev–Trinajstić information content (AvgIpc) is 3.77. The Balaban J connectivity index is 1.21. The first kappa shape index (κ1) is 37.7. The second-order valence-corrected chi connectivity index (χ2v) is 13.8. The SMILES string of the molecule is COc1cc(/C=C/c2cccc(-c3cccc(NC(=O)c4ccc(CN5CC[C@@H](O)C5)cn4)c3C)c2C)c(C(F)(F)F)cc1CN1CC[C@H](C(=O)O)C1. The van der Waals surface area contributed by atoms with Crippen molar-refractivity contribution in [3.63, 3.8) is 0 Å². The minimum absolute atomic E-state index is 0.0508. The van der Waals surface area contributed by atoms with Crippen LogP contribution in [0.3, 0.4) is 0 Å². The number of pyridine rings is 1. The highest BCUT2D eigenvalue weighted by Crippen LogP contribution is 2.38. The van der Waals surface area contributed by atoms with E-state index in [4.69, 9.17) is 4.74 Å². The molecule has 6 rings (SSSR count). The van der Waals surface area contributed by atoms with Crippen LogP contribution >= 0.6 is 0 Å². The predicted octanol–water partition coefficient (Wildman–Crippen LogP) is 7.29. The molecule has 53 heavy (non-hydrogen) atoms. The number of ether oxygens (including phenoxy) is 1. The summed E-state index contributed by atoms with van der Waals surface area (Å²) in [5.41, 5.74) is 5.44. The Bertz CT molecular complexity index is 2010. The summed E-state index contributed by atoms with van der Waals surface area (Å²) < 4.78 is 48.8. The Kier molecular flexibility index (Phi) is 11.3. The van der Waals surface area contributed by atoms with E-state index >= 15 is 0 Å². The van der Waals surface area contributed by atoms with Crippen molar-refractivity contribution in [1.82, 2.24) is 14.8 Å². The molecule has 4 aromatic rings. The van der Waals surface area contributed by atoms with Gasteiger partial charge in [-0.1, -0.05) is 48.6 Å². The molecule has 0 spiro atoms. The summed E-state index contributed by atoms with van der Waals surface area (Å²) in [6, 6.07) is 17.2. The van der Waals surface area contributed by atoms with E-state index in [-0.39, 0.29) is 36.4 Å². The molecule has 9 nitrogen and oxygen atoms in total. The summed E-state index contributed by atoms with van der Waals surface area (Å²) in [5.74, 6) is -1.51. The Morgan fingerprint density at radius 3 is 2.26 bits per heavy atom. The number of amides is 1. The van der Waals surface area contributed by atoms with E-state index in [0.29, 0.717) is 43.1 Å². The second-order valence-electron chi connectivity index (χ2n) is 13.8.